The van der Waals surface area contributed by atoms with Crippen LogP contribution in [0.3, 0.4) is 0 Å². The topological polar surface area (TPSA) is 15.3 Å². The van der Waals surface area contributed by atoms with Gasteiger partial charge >= 0.3 is 0 Å². The van der Waals surface area contributed by atoms with E-state index in [1.807, 2.05) is 0 Å². The van der Waals surface area contributed by atoms with Crippen molar-refractivity contribution in [3.63, 3.8) is 0 Å². The van der Waals surface area contributed by atoms with Crippen molar-refractivity contribution in [2.75, 3.05) is 26.7 Å². The smallest absolute Gasteiger partial charge is 0.0193 e. The first-order chi connectivity index (χ1) is 6.62. The van der Waals surface area contributed by atoms with Gasteiger partial charge in [0.25, 0.3) is 0 Å². The van der Waals surface area contributed by atoms with E-state index in [2.05, 4.69) is 38.0 Å². The standard InChI is InChI=1S/C12H26N2/c1-5-8-14-9-6-7-11(10-13-4)12(14,2)3/h11,13H,5-10H2,1-4H3. The highest BCUT2D eigenvalue weighted by Crippen LogP contribution is 2.32. The van der Waals surface area contributed by atoms with Crippen LogP contribution in [0.25, 0.3) is 0 Å². The van der Waals surface area contributed by atoms with Gasteiger partial charge in [-0.25, -0.2) is 0 Å². The zero-order valence-electron chi connectivity index (χ0n) is 10.3. The molecule has 0 aromatic carbocycles. The van der Waals surface area contributed by atoms with E-state index in [1.54, 1.807) is 0 Å². The molecule has 1 atom stereocenters. The van der Waals surface area contributed by atoms with Gasteiger partial charge in [0.2, 0.25) is 0 Å². The molecule has 84 valence electrons. The molecular weight excluding hydrogens is 172 g/mol. The number of nitrogens with zero attached hydrogens (tertiary/aromatic N) is 1. The monoisotopic (exact) mass is 198 g/mol. The van der Waals surface area contributed by atoms with Crippen molar-refractivity contribution in [1.29, 1.82) is 0 Å². The number of piperidine rings is 1. The third-order valence-corrected chi connectivity index (χ3v) is 3.74. The lowest BCUT2D eigenvalue weighted by Crippen LogP contribution is -2.55. The van der Waals surface area contributed by atoms with Gasteiger partial charge in [0.1, 0.15) is 0 Å². The molecule has 1 N–H and O–H groups in total. The van der Waals surface area contributed by atoms with Gasteiger partial charge in [-0.05, 0) is 65.7 Å². The Morgan fingerprint density at radius 3 is 2.71 bits per heavy atom. The first kappa shape index (κ1) is 12.0. The molecule has 1 rings (SSSR count). The third-order valence-electron chi connectivity index (χ3n) is 3.74. The molecule has 1 aliphatic rings. The summed E-state index contributed by atoms with van der Waals surface area (Å²) >= 11 is 0. The second-order valence-corrected chi connectivity index (χ2v) is 5.04. The van der Waals surface area contributed by atoms with E-state index in [0.29, 0.717) is 5.54 Å². The van der Waals surface area contributed by atoms with Crippen LogP contribution < -0.4 is 5.32 Å². The molecule has 2 nitrogen and oxygen atoms in total. The molecule has 1 saturated heterocycles. The van der Waals surface area contributed by atoms with Crippen molar-refractivity contribution in [3.8, 4) is 0 Å². The van der Waals surface area contributed by atoms with Gasteiger partial charge in [0.05, 0.1) is 0 Å². The zero-order chi connectivity index (χ0) is 10.6. The predicted molar refractivity (Wildman–Crippen MR) is 62.6 cm³/mol. The fourth-order valence-corrected chi connectivity index (χ4v) is 2.70. The van der Waals surface area contributed by atoms with Gasteiger partial charge in [-0.3, -0.25) is 4.90 Å². The van der Waals surface area contributed by atoms with E-state index in [1.165, 1.54) is 32.4 Å². The molecule has 0 aromatic heterocycles. The summed E-state index contributed by atoms with van der Waals surface area (Å²) < 4.78 is 0. The maximum Gasteiger partial charge on any atom is 0.0193 e. The average molecular weight is 198 g/mol. The lowest BCUT2D eigenvalue weighted by Gasteiger charge is -2.48. The van der Waals surface area contributed by atoms with Gasteiger partial charge < -0.3 is 5.32 Å². The van der Waals surface area contributed by atoms with Gasteiger partial charge in [0, 0.05) is 5.54 Å². The fraction of sp³-hybridized carbons (Fsp3) is 1.00. The summed E-state index contributed by atoms with van der Waals surface area (Å²) in [6.45, 7) is 10.8. The molecule has 1 fully saturated rings. The summed E-state index contributed by atoms with van der Waals surface area (Å²) in [6.07, 6.45) is 4.03. The normalized spacial score (nSPS) is 27.9. The van der Waals surface area contributed by atoms with Crippen LogP contribution in [0, 0.1) is 5.92 Å². The Labute approximate surface area is 89.1 Å². The van der Waals surface area contributed by atoms with Crippen molar-refractivity contribution in [3.05, 3.63) is 0 Å². The summed E-state index contributed by atoms with van der Waals surface area (Å²) in [6, 6.07) is 0. The van der Waals surface area contributed by atoms with E-state index in [9.17, 15) is 0 Å². The number of nitrogens with one attached hydrogen (secondary N) is 1. The molecule has 1 heterocycles. The molecule has 1 unspecified atom stereocenters. The molecule has 1 aliphatic heterocycles. The molecule has 0 bridgehead atoms. The van der Waals surface area contributed by atoms with Crippen LogP contribution in [0.2, 0.25) is 0 Å². The third kappa shape index (κ3) is 2.48. The second kappa shape index (κ2) is 5.13. The number of likely N-dealkylation sites (tertiary alicyclic amines) is 1. The molecule has 0 saturated carbocycles. The molecule has 0 aliphatic carbocycles. The maximum absolute atomic E-state index is 3.33. The first-order valence-electron chi connectivity index (χ1n) is 6.02. The maximum atomic E-state index is 3.33. The van der Waals surface area contributed by atoms with Crippen molar-refractivity contribution >= 4 is 0 Å². The minimum absolute atomic E-state index is 0.386. The first-order valence-corrected chi connectivity index (χ1v) is 6.02. The summed E-state index contributed by atoms with van der Waals surface area (Å²) in [7, 11) is 2.06. The molecule has 0 radical (unpaired) electrons. The van der Waals surface area contributed by atoms with Crippen LogP contribution in [0.4, 0.5) is 0 Å². The van der Waals surface area contributed by atoms with E-state index >= 15 is 0 Å². The Balaban J connectivity index is 2.60. The SMILES string of the molecule is CCCN1CCCC(CNC)C1(C)C. The van der Waals surface area contributed by atoms with E-state index in [0.717, 1.165) is 12.5 Å². The van der Waals surface area contributed by atoms with E-state index in [4.69, 9.17) is 0 Å². The van der Waals surface area contributed by atoms with Crippen molar-refractivity contribution in [1.82, 2.24) is 10.2 Å². The Bertz CT molecular complexity index is 146. The predicted octanol–water partition coefficient (Wildman–Crippen LogP) is 2.11. The summed E-state index contributed by atoms with van der Waals surface area (Å²) in [5.41, 5.74) is 0.386. The highest BCUT2D eigenvalue weighted by molar-refractivity contribution is 4.93. The average Bonchev–Trinajstić information content (AvgIpc) is 2.13. The number of hydrogen-bond acceptors (Lipinski definition) is 2. The summed E-state index contributed by atoms with van der Waals surface area (Å²) in [4.78, 5) is 2.67. The summed E-state index contributed by atoms with van der Waals surface area (Å²) in [5, 5.41) is 3.33. The minimum Gasteiger partial charge on any atom is -0.319 e. The van der Waals surface area contributed by atoms with Crippen LogP contribution >= 0.6 is 0 Å². The molecule has 0 spiro atoms. The van der Waals surface area contributed by atoms with Crippen LogP contribution in [0.5, 0.6) is 0 Å². The molecule has 2 heteroatoms. The highest BCUT2D eigenvalue weighted by Gasteiger charge is 2.37. The van der Waals surface area contributed by atoms with Crippen molar-refractivity contribution < 1.29 is 0 Å². The van der Waals surface area contributed by atoms with Gasteiger partial charge in [-0.1, -0.05) is 6.92 Å². The number of rotatable bonds is 4. The van der Waals surface area contributed by atoms with Crippen molar-refractivity contribution in [2.45, 2.75) is 45.6 Å². The molecular formula is C12H26N2. The van der Waals surface area contributed by atoms with Crippen LogP contribution in [0.15, 0.2) is 0 Å². The minimum atomic E-state index is 0.386. The molecule has 14 heavy (non-hydrogen) atoms. The summed E-state index contributed by atoms with van der Waals surface area (Å²) in [5.74, 6) is 0.813. The van der Waals surface area contributed by atoms with Crippen LogP contribution in [-0.2, 0) is 0 Å². The largest absolute Gasteiger partial charge is 0.319 e. The van der Waals surface area contributed by atoms with E-state index in [-0.39, 0.29) is 0 Å². The zero-order valence-corrected chi connectivity index (χ0v) is 10.3. The van der Waals surface area contributed by atoms with Gasteiger partial charge in [0.15, 0.2) is 0 Å². The van der Waals surface area contributed by atoms with Gasteiger partial charge in [-0.2, -0.15) is 0 Å². The lowest BCUT2D eigenvalue weighted by molar-refractivity contribution is 0.0230. The van der Waals surface area contributed by atoms with E-state index < -0.39 is 0 Å². The number of hydrogen-bond donors (Lipinski definition) is 1. The van der Waals surface area contributed by atoms with Crippen LogP contribution in [-0.4, -0.2) is 37.1 Å². The molecule has 0 aromatic rings. The second-order valence-electron chi connectivity index (χ2n) is 5.04. The van der Waals surface area contributed by atoms with Crippen LogP contribution in [0.1, 0.15) is 40.0 Å². The van der Waals surface area contributed by atoms with Gasteiger partial charge in [-0.15, -0.1) is 0 Å². The Hall–Kier alpha value is -0.0800. The van der Waals surface area contributed by atoms with Crippen molar-refractivity contribution in [2.24, 2.45) is 5.92 Å². The Kier molecular flexibility index (Phi) is 4.39. The Morgan fingerprint density at radius 1 is 1.43 bits per heavy atom. The quantitative estimate of drug-likeness (QED) is 0.744. The highest BCUT2D eigenvalue weighted by atomic mass is 15.2. The lowest BCUT2D eigenvalue weighted by atomic mass is 9.79. The fourth-order valence-electron chi connectivity index (χ4n) is 2.70. The molecule has 0 amide bonds. The Morgan fingerprint density at radius 2 is 2.14 bits per heavy atom.